The van der Waals surface area contributed by atoms with Gasteiger partial charge in [0.15, 0.2) is 5.76 Å². The molecule has 0 radical (unpaired) electrons. The first-order valence-electron chi connectivity index (χ1n) is 9.22. The zero-order chi connectivity index (χ0) is 19.2. The van der Waals surface area contributed by atoms with Crippen molar-refractivity contribution in [2.24, 2.45) is 5.92 Å². The Kier molecular flexibility index (Phi) is 4.14. The summed E-state index contributed by atoms with van der Waals surface area (Å²) in [5.74, 6) is 0.762. The number of ketones is 1. The highest BCUT2D eigenvalue weighted by molar-refractivity contribution is 6.14. The van der Waals surface area contributed by atoms with Gasteiger partial charge in [-0.3, -0.25) is 9.59 Å². The lowest BCUT2D eigenvalue weighted by molar-refractivity contribution is -0.135. The van der Waals surface area contributed by atoms with Crippen LogP contribution < -0.4 is 9.47 Å². The summed E-state index contributed by atoms with van der Waals surface area (Å²) in [6.07, 6.45) is 3.52. The molecule has 2 aliphatic rings. The van der Waals surface area contributed by atoms with E-state index >= 15 is 0 Å². The first-order chi connectivity index (χ1) is 12.8. The van der Waals surface area contributed by atoms with Gasteiger partial charge in [0.05, 0.1) is 11.5 Å². The number of Topliss-reactive ketones (excluding diaryl/α,β-unsaturated/α-hetero) is 1. The van der Waals surface area contributed by atoms with Crippen LogP contribution in [0.15, 0.2) is 48.2 Å². The maximum Gasteiger partial charge on any atom is 0.314 e. The molecule has 1 fully saturated rings. The molecule has 0 aromatic heterocycles. The maximum absolute atomic E-state index is 12.6. The Morgan fingerprint density at radius 1 is 1.11 bits per heavy atom. The molecule has 27 heavy (non-hydrogen) atoms. The average Bonchev–Trinajstić information content (AvgIpc) is 3.42. The van der Waals surface area contributed by atoms with Gasteiger partial charge in [0, 0.05) is 6.07 Å². The number of ether oxygens (including phenoxy) is 2. The number of fused-ring (bicyclic) bond motifs is 1. The Bertz CT molecular complexity index is 941. The number of benzene rings is 2. The second kappa shape index (κ2) is 6.38. The molecule has 1 aliphatic carbocycles. The van der Waals surface area contributed by atoms with Crippen molar-refractivity contribution in [1.82, 2.24) is 0 Å². The molecule has 0 N–H and O–H groups in total. The van der Waals surface area contributed by atoms with Crippen LogP contribution >= 0.6 is 0 Å². The molecular formula is C23H22O4. The minimum absolute atomic E-state index is 0.0207. The maximum atomic E-state index is 12.6. The number of carbonyl (C=O) groups is 2. The van der Waals surface area contributed by atoms with Crippen molar-refractivity contribution >= 4 is 17.8 Å². The lowest BCUT2D eigenvalue weighted by Crippen LogP contribution is -2.10. The fourth-order valence-corrected chi connectivity index (χ4v) is 2.98. The molecule has 0 saturated heterocycles. The van der Waals surface area contributed by atoms with Crippen molar-refractivity contribution in [3.63, 3.8) is 0 Å². The van der Waals surface area contributed by atoms with Crippen molar-refractivity contribution < 1.29 is 19.1 Å². The standard InChI is InChI=1S/C23H22O4/c1-23(2,3)16-8-4-14(5-9-16)12-20-21(24)18-11-10-17(13-19(18)27-20)26-22(25)15-6-7-15/h4-5,8-13,15H,6-7H2,1-3H3/b20-12-. The van der Waals surface area contributed by atoms with E-state index in [9.17, 15) is 9.59 Å². The molecule has 0 spiro atoms. The molecule has 0 atom stereocenters. The molecule has 4 nitrogen and oxygen atoms in total. The Morgan fingerprint density at radius 3 is 2.44 bits per heavy atom. The summed E-state index contributed by atoms with van der Waals surface area (Å²) >= 11 is 0. The van der Waals surface area contributed by atoms with E-state index in [1.54, 1.807) is 24.3 Å². The Hall–Kier alpha value is -2.88. The number of esters is 1. The van der Waals surface area contributed by atoms with Crippen LogP contribution in [0.4, 0.5) is 0 Å². The molecule has 0 unspecified atom stereocenters. The largest absolute Gasteiger partial charge is 0.452 e. The Labute approximate surface area is 158 Å². The van der Waals surface area contributed by atoms with Crippen LogP contribution in [0.3, 0.4) is 0 Å². The van der Waals surface area contributed by atoms with E-state index in [1.807, 2.05) is 12.1 Å². The smallest absolute Gasteiger partial charge is 0.314 e. The van der Waals surface area contributed by atoms with Gasteiger partial charge in [-0.25, -0.2) is 0 Å². The lowest BCUT2D eigenvalue weighted by atomic mass is 9.86. The minimum atomic E-state index is -0.214. The minimum Gasteiger partial charge on any atom is -0.452 e. The van der Waals surface area contributed by atoms with Gasteiger partial charge in [0.2, 0.25) is 5.78 Å². The quantitative estimate of drug-likeness (QED) is 0.442. The molecule has 1 heterocycles. The van der Waals surface area contributed by atoms with Crippen molar-refractivity contribution in [3.05, 3.63) is 64.9 Å². The third-order valence-corrected chi connectivity index (χ3v) is 4.85. The Morgan fingerprint density at radius 2 is 1.81 bits per heavy atom. The van der Waals surface area contributed by atoms with E-state index in [4.69, 9.17) is 9.47 Å². The Balaban J connectivity index is 1.53. The second-order valence-electron chi connectivity index (χ2n) is 8.17. The molecule has 2 aromatic rings. The van der Waals surface area contributed by atoms with Gasteiger partial charge >= 0.3 is 5.97 Å². The fraction of sp³-hybridized carbons (Fsp3) is 0.304. The van der Waals surface area contributed by atoms with Crippen LogP contribution in [0, 0.1) is 5.92 Å². The van der Waals surface area contributed by atoms with Gasteiger partial charge in [0.1, 0.15) is 11.5 Å². The molecule has 1 aliphatic heterocycles. The van der Waals surface area contributed by atoms with Crippen LogP contribution in [0.25, 0.3) is 6.08 Å². The van der Waals surface area contributed by atoms with Gasteiger partial charge in [-0.1, -0.05) is 45.0 Å². The molecule has 0 bridgehead atoms. The topological polar surface area (TPSA) is 52.6 Å². The number of carbonyl (C=O) groups excluding carboxylic acids is 2. The predicted molar refractivity (Wildman–Crippen MR) is 103 cm³/mol. The number of hydrogen-bond donors (Lipinski definition) is 0. The predicted octanol–water partition coefficient (Wildman–Crippen LogP) is 4.92. The van der Waals surface area contributed by atoms with Crippen molar-refractivity contribution in [3.8, 4) is 11.5 Å². The lowest BCUT2D eigenvalue weighted by Gasteiger charge is -2.18. The van der Waals surface area contributed by atoms with Gasteiger partial charge in [-0.05, 0) is 47.6 Å². The summed E-state index contributed by atoms with van der Waals surface area (Å²) in [7, 11) is 0. The number of allylic oxidation sites excluding steroid dienone is 1. The van der Waals surface area contributed by atoms with Crippen molar-refractivity contribution in [2.45, 2.75) is 39.0 Å². The fourth-order valence-electron chi connectivity index (χ4n) is 2.98. The summed E-state index contributed by atoms with van der Waals surface area (Å²) in [5.41, 5.74) is 2.70. The summed E-state index contributed by atoms with van der Waals surface area (Å²) < 4.78 is 11.1. The molecule has 4 heteroatoms. The normalized spacial score (nSPS) is 17.6. The van der Waals surface area contributed by atoms with E-state index in [0.717, 1.165) is 18.4 Å². The van der Waals surface area contributed by atoms with Gasteiger partial charge in [-0.2, -0.15) is 0 Å². The molecule has 138 valence electrons. The van der Waals surface area contributed by atoms with E-state index in [0.29, 0.717) is 17.1 Å². The molecule has 4 rings (SSSR count). The molecule has 0 amide bonds. The first-order valence-corrected chi connectivity index (χ1v) is 9.22. The van der Waals surface area contributed by atoms with Crippen LogP contribution in [-0.4, -0.2) is 11.8 Å². The summed E-state index contributed by atoms with van der Waals surface area (Å²) in [4.78, 5) is 24.4. The van der Waals surface area contributed by atoms with E-state index < -0.39 is 0 Å². The monoisotopic (exact) mass is 362 g/mol. The zero-order valence-electron chi connectivity index (χ0n) is 15.7. The summed E-state index contributed by atoms with van der Waals surface area (Å²) in [6.45, 7) is 6.48. The van der Waals surface area contributed by atoms with Crippen molar-refractivity contribution in [2.75, 3.05) is 0 Å². The highest BCUT2D eigenvalue weighted by Gasteiger charge is 2.32. The SMILES string of the molecule is CC(C)(C)c1ccc(/C=C2\Oc3cc(OC(=O)C4CC4)ccc3C2=O)cc1. The third kappa shape index (κ3) is 3.65. The molecule has 2 aromatic carbocycles. The van der Waals surface area contributed by atoms with E-state index in [2.05, 4.69) is 32.9 Å². The summed E-state index contributed by atoms with van der Waals surface area (Å²) in [6, 6.07) is 13.0. The van der Waals surface area contributed by atoms with Crippen LogP contribution in [0.2, 0.25) is 0 Å². The van der Waals surface area contributed by atoms with Crippen LogP contribution in [-0.2, 0) is 10.2 Å². The molecular weight excluding hydrogens is 340 g/mol. The van der Waals surface area contributed by atoms with Gasteiger partial charge in [0.25, 0.3) is 0 Å². The highest BCUT2D eigenvalue weighted by Crippen LogP contribution is 2.36. The number of hydrogen-bond acceptors (Lipinski definition) is 4. The van der Waals surface area contributed by atoms with E-state index in [1.165, 1.54) is 5.56 Å². The number of rotatable bonds is 3. The highest BCUT2D eigenvalue weighted by atomic mass is 16.5. The third-order valence-electron chi connectivity index (χ3n) is 4.85. The summed E-state index contributed by atoms with van der Waals surface area (Å²) in [5, 5.41) is 0. The average molecular weight is 362 g/mol. The van der Waals surface area contributed by atoms with E-state index in [-0.39, 0.29) is 28.8 Å². The van der Waals surface area contributed by atoms with Gasteiger partial charge in [-0.15, -0.1) is 0 Å². The molecule has 1 saturated carbocycles. The first kappa shape index (κ1) is 17.5. The van der Waals surface area contributed by atoms with Crippen LogP contribution in [0.5, 0.6) is 11.5 Å². The van der Waals surface area contributed by atoms with Crippen LogP contribution in [0.1, 0.15) is 55.1 Å². The van der Waals surface area contributed by atoms with Gasteiger partial charge < -0.3 is 9.47 Å². The second-order valence-corrected chi connectivity index (χ2v) is 8.17. The van der Waals surface area contributed by atoms with Crippen molar-refractivity contribution in [1.29, 1.82) is 0 Å². The zero-order valence-corrected chi connectivity index (χ0v) is 15.7.